The molecule has 0 bridgehead atoms. The lowest BCUT2D eigenvalue weighted by Crippen LogP contribution is -2.59. The van der Waals surface area contributed by atoms with Crippen LogP contribution in [0.3, 0.4) is 0 Å². The number of aromatic nitrogens is 1. The Morgan fingerprint density at radius 2 is 1.78 bits per heavy atom. The Bertz CT molecular complexity index is 2220. The topological polar surface area (TPSA) is 176 Å². The molecule has 3 fully saturated rings. The number of methoxy groups -OCH3 is 1. The molecule has 0 radical (unpaired) electrons. The van der Waals surface area contributed by atoms with Crippen LogP contribution in [0.25, 0.3) is 10.8 Å². The monoisotopic (exact) mass is 814 g/mol. The van der Waals surface area contributed by atoms with Crippen molar-refractivity contribution < 1.29 is 37.1 Å². The van der Waals surface area contributed by atoms with Gasteiger partial charge in [-0.05, 0) is 111 Å². The van der Waals surface area contributed by atoms with Crippen LogP contribution in [0.1, 0.15) is 76.1 Å². The third-order valence-corrected chi connectivity index (χ3v) is 14.6. The van der Waals surface area contributed by atoms with Crippen LogP contribution in [-0.4, -0.2) is 98.2 Å². The van der Waals surface area contributed by atoms with Crippen molar-refractivity contribution in [1.29, 1.82) is 0 Å². The number of carbonyl (C=O) groups is 4. The maximum absolute atomic E-state index is 15.0. The summed E-state index contributed by atoms with van der Waals surface area (Å²) in [7, 11) is 1.40. The second-order valence-corrected chi connectivity index (χ2v) is 19.3. The van der Waals surface area contributed by atoms with Crippen LogP contribution in [0.2, 0.25) is 0 Å². The van der Waals surface area contributed by atoms with Crippen LogP contribution in [0.15, 0.2) is 66.9 Å². The molecule has 3 N–H and O–H groups in total. The van der Waals surface area contributed by atoms with Gasteiger partial charge in [0.05, 0.1) is 18.4 Å². The molecular formula is C43H54N6O8S. The van der Waals surface area contributed by atoms with Gasteiger partial charge in [0.1, 0.15) is 29.5 Å². The van der Waals surface area contributed by atoms with Gasteiger partial charge in [0.15, 0.2) is 0 Å². The van der Waals surface area contributed by atoms with Gasteiger partial charge in [-0.25, -0.2) is 13.4 Å². The van der Waals surface area contributed by atoms with E-state index in [9.17, 15) is 27.6 Å². The minimum atomic E-state index is -4.00. The van der Waals surface area contributed by atoms with Crippen molar-refractivity contribution in [1.82, 2.24) is 25.2 Å². The minimum Gasteiger partial charge on any atom is -0.497 e. The fourth-order valence-electron chi connectivity index (χ4n) is 8.24. The molecule has 3 heterocycles. The first-order valence-corrected chi connectivity index (χ1v) is 21.6. The highest BCUT2D eigenvalue weighted by atomic mass is 32.2. The quantitative estimate of drug-likeness (QED) is 0.264. The number of hydrogen-bond acceptors (Lipinski definition) is 10. The highest BCUT2D eigenvalue weighted by Crippen LogP contribution is 2.47. The Balaban J connectivity index is 1.23. The number of nitrogens with one attached hydrogen (secondary N) is 3. The Kier molecular flexibility index (Phi) is 11.2. The molecule has 7 rings (SSSR count). The van der Waals surface area contributed by atoms with E-state index >= 15 is 0 Å². The molecule has 2 aliphatic carbocycles. The van der Waals surface area contributed by atoms with Crippen molar-refractivity contribution in [3.63, 3.8) is 0 Å². The van der Waals surface area contributed by atoms with Crippen LogP contribution in [-0.2, 0) is 24.4 Å². The Labute approximate surface area is 340 Å². The second-order valence-electron chi connectivity index (χ2n) is 17.1. The highest BCUT2D eigenvalue weighted by Gasteiger charge is 2.63. The molecule has 1 saturated heterocycles. The average Bonchev–Trinajstić information content (AvgIpc) is 4.08. The summed E-state index contributed by atoms with van der Waals surface area (Å²) in [5, 5.41) is 7.49. The molecule has 0 spiro atoms. The van der Waals surface area contributed by atoms with Gasteiger partial charge in [-0.15, -0.1) is 0 Å². The number of sulfonamides is 1. The summed E-state index contributed by atoms with van der Waals surface area (Å²) in [6.07, 6.45) is 7.98. The number of allylic oxidation sites excluding steroid dienone is 1. The number of pyridine rings is 1. The van der Waals surface area contributed by atoms with Gasteiger partial charge in [-0.1, -0.05) is 26.0 Å². The van der Waals surface area contributed by atoms with E-state index in [1.807, 2.05) is 68.4 Å². The molecule has 14 nitrogen and oxygen atoms in total. The molecule has 4 amide bonds. The summed E-state index contributed by atoms with van der Waals surface area (Å²) >= 11 is 0. The number of carbonyl (C=O) groups excluding carboxylic acids is 4. The molecular weight excluding hydrogens is 761 g/mol. The van der Waals surface area contributed by atoms with E-state index in [1.54, 1.807) is 38.4 Å². The lowest BCUT2D eigenvalue weighted by molar-refractivity contribution is -0.142. The van der Waals surface area contributed by atoms with E-state index in [4.69, 9.17) is 9.47 Å². The smallest absolute Gasteiger partial charge is 0.259 e. The molecule has 1 aromatic heterocycles. The number of nitrogens with zero attached hydrogens (tertiary/aromatic N) is 3. The van der Waals surface area contributed by atoms with Crippen molar-refractivity contribution in [2.24, 2.45) is 17.8 Å². The fraction of sp³-hybridized carbons (Fsp3) is 0.512. The van der Waals surface area contributed by atoms with Crippen molar-refractivity contribution >= 4 is 50.1 Å². The summed E-state index contributed by atoms with van der Waals surface area (Å²) in [6.45, 7) is 5.63. The molecule has 58 heavy (non-hydrogen) atoms. The predicted octanol–water partition coefficient (Wildman–Crippen LogP) is 4.34. The molecule has 15 heteroatoms. The summed E-state index contributed by atoms with van der Waals surface area (Å²) in [5.74, 6) is -1.91. The van der Waals surface area contributed by atoms with Crippen molar-refractivity contribution in [3.05, 3.63) is 72.4 Å². The number of fused-ring (bicyclic) bond motifs is 3. The van der Waals surface area contributed by atoms with E-state index in [1.165, 1.54) is 4.90 Å². The van der Waals surface area contributed by atoms with Gasteiger partial charge >= 0.3 is 0 Å². The van der Waals surface area contributed by atoms with E-state index in [2.05, 4.69) is 27.3 Å². The van der Waals surface area contributed by atoms with Crippen molar-refractivity contribution in [3.8, 4) is 11.6 Å². The Hall–Kier alpha value is -5.18. The number of ether oxygens (including phenoxy) is 2. The maximum Gasteiger partial charge on any atom is 0.259 e. The normalized spacial score (nSPS) is 28.2. The first-order chi connectivity index (χ1) is 27.5. The average molecular weight is 815 g/mol. The van der Waals surface area contributed by atoms with Crippen molar-refractivity contribution in [2.75, 3.05) is 32.6 Å². The third kappa shape index (κ3) is 8.23. The van der Waals surface area contributed by atoms with Crippen molar-refractivity contribution in [2.45, 2.75) is 94.2 Å². The first-order valence-electron chi connectivity index (χ1n) is 20.1. The van der Waals surface area contributed by atoms with E-state index < -0.39 is 68.0 Å². The Morgan fingerprint density at radius 3 is 2.47 bits per heavy atom. The molecule has 2 saturated carbocycles. The molecule has 3 aromatic rings. The number of amides is 4. The summed E-state index contributed by atoms with van der Waals surface area (Å²) < 4.78 is 39.6. The zero-order valence-electron chi connectivity index (χ0n) is 34.0. The summed E-state index contributed by atoms with van der Waals surface area (Å²) in [6, 6.07) is 12.3. The number of hydrogen-bond donors (Lipinski definition) is 3. The third-order valence-electron chi connectivity index (χ3n) is 12.4. The van der Waals surface area contributed by atoms with Gasteiger partial charge in [-0.2, -0.15) is 0 Å². The van der Waals surface area contributed by atoms with E-state index in [0.29, 0.717) is 48.3 Å². The number of anilines is 1. The summed E-state index contributed by atoms with van der Waals surface area (Å²) in [4.78, 5) is 65.3. The number of rotatable bonds is 9. The number of benzene rings is 2. The zero-order chi connectivity index (χ0) is 41.6. The lowest BCUT2D eigenvalue weighted by atomic mass is 9.87. The zero-order valence-corrected chi connectivity index (χ0v) is 34.8. The first kappa shape index (κ1) is 41.0. The Morgan fingerprint density at radius 1 is 1.03 bits per heavy atom. The van der Waals surface area contributed by atoms with Gasteiger partial charge in [0, 0.05) is 49.3 Å². The van der Waals surface area contributed by atoms with Crippen LogP contribution in [0.5, 0.6) is 11.6 Å². The van der Waals surface area contributed by atoms with Crippen LogP contribution >= 0.6 is 0 Å². The van der Waals surface area contributed by atoms with Gasteiger partial charge < -0.3 is 29.9 Å². The fourth-order valence-corrected chi connectivity index (χ4v) is 9.55. The van der Waals surface area contributed by atoms with Crippen LogP contribution < -0.4 is 29.7 Å². The summed E-state index contributed by atoms with van der Waals surface area (Å²) in [5.41, 5.74) is -0.224. The van der Waals surface area contributed by atoms with Crippen LogP contribution in [0.4, 0.5) is 5.69 Å². The lowest BCUT2D eigenvalue weighted by Gasteiger charge is -2.33. The maximum atomic E-state index is 15.0. The predicted molar refractivity (Wildman–Crippen MR) is 220 cm³/mol. The molecule has 7 atom stereocenters. The van der Waals surface area contributed by atoms with Gasteiger partial charge in [-0.3, -0.25) is 23.9 Å². The molecule has 2 aliphatic heterocycles. The SMILES string of the molecule is COc1ccc2c(O[C@@H]3C[C@H]4C(=O)N[C@]5(C(=O)NS(=O)(=O)C6(C)CC6)C[C@H]5C=CCC[C@H](C)C[C@@H](C)[C@H](NC(=O)c5ccc(N(C)C)cc5)C(=O)N4C3)nccc2c1. The minimum absolute atomic E-state index is 0.00736. The largest absolute Gasteiger partial charge is 0.497 e. The van der Waals surface area contributed by atoms with Gasteiger partial charge in [0.25, 0.3) is 11.8 Å². The van der Waals surface area contributed by atoms with E-state index in [-0.39, 0.29) is 31.2 Å². The van der Waals surface area contributed by atoms with E-state index in [0.717, 1.165) is 17.5 Å². The molecule has 4 aliphatic rings. The second kappa shape index (κ2) is 15.9. The van der Waals surface area contributed by atoms with Gasteiger partial charge in [0.2, 0.25) is 27.7 Å². The standard InChI is InChI=1S/C43H54N6O8S/c1-26-9-7-8-10-30-24-43(30,41(53)47-58(54,55)42(3)18-19-42)46-38(51)35-23-33(57-39-34-16-15-32(56-6)22-29(34)17-20-44-39)25-49(35)40(52)36(27(2)21-26)45-37(50)28-11-13-31(14-12-28)48(4)5/h8,10-17,20,22,26-27,30,33,35-36H,7,9,18-19,21,23-25H2,1-6H3,(H,45,50)(H,46,51)(H,47,53)/t26-,27+,30+,33+,35-,36-,43+/m0/s1. The molecule has 2 aromatic carbocycles. The molecule has 0 unspecified atom stereocenters. The highest BCUT2D eigenvalue weighted by molar-refractivity contribution is 7.91. The molecule has 310 valence electrons. The van der Waals surface area contributed by atoms with Crippen LogP contribution in [0, 0.1) is 17.8 Å².